The Kier molecular flexibility index (Phi) is 8.54. The Balaban J connectivity index is 1.51. The van der Waals surface area contributed by atoms with Crippen molar-refractivity contribution in [1.29, 1.82) is 0 Å². The number of nitrogens with zero attached hydrogens (tertiary/aromatic N) is 2. The van der Waals surface area contributed by atoms with Crippen molar-refractivity contribution in [1.82, 2.24) is 4.57 Å². The van der Waals surface area contributed by atoms with Crippen molar-refractivity contribution in [2.75, 3.05) is 6.61 Å². The number of halogens is 2. The van der Waals surface area contributed by atoms with Crippen LogP contribution in [0.15, 0.2) is 118 Å². The van der Waals surface area contributed by atoms with E-state index in [9.17, 15) is 14.0 Å². The summed E-state index contributed by atoms with van der Waals surface area (Å²) in [5, 5.41) is 0.644. The van der Waals surface area contributed by atoms with E-state index in [4.69, 9.17) is 26.1 Å². The van der Waals surface area contributed by atoms with Crippen molar-refractivity contribution in [2.45, 2.75) is 19.6 Å². The molecule has 1 aliphatic rings. The fraction of sp³-hybridized carbons (Fsp3) is 0.114. The fourth-order valence-corrected chi connectivity index (χ4v) is 6.13. The molecule has 9 heteroatoms. The number of aromatic nitrogens is 1. The van der Waals surface area contributed by atoms with Crippen LogP contribution in [0.25, 0.3) is 11.8 Å². The van der Waals surface area contributed by atoms with Gasteiger partial charge in [-0.2, -0.15) is 0 Å². The van der Waals surface area contributed by atoms with E-state index in [0.29, 0.717) is 49.1 Å². The Morgan fingerprint density at radius 2 is 1.68 bits per heavy atom. The SMILES string of the molecule is CCOC(=O)C1=C(c2ccccc2)N=c2s/c(=C/c3ccccc3OCc3ccc(Cl)cc3)c(=O)n2[C@H]1c1ccc(F)cc1. The van der Waals surface area contributed by atoms with Gasteiger partial charge in [0.2, 0.25) is 0 Å². The number of esters is 1. The van der Waals surface area contributed by atoms with Gasteiger partial charge in [0.25, 0.3) is 5.56 Å². The van der Waals surface area contributed by atoms with Crippen LogP contribution in [0.3, 0.4) is 0 Å². The van der Waals surface area contributed by atoms with Crippen LogP contribution >= 0.6 is 22.9 Å². The largest absolute Gasteiger partial charge is 0.488 e. The van der Waals surface area contributed by atoms with Gasteiger partial charge >= 0.3 is 5.97 Å². The molecule has 0 amide bonds. The molecule has 1 aliphatic heterocycles. The Hall–Kier alpha value is -4.79. The lowest BCUT2D eigenvalue weighted by Gasteiger charge is -2.25. The van der Waals surface area contributed by atoms with Crippen LogP contribution in [0, 0.1) is 5.82 Å². The summed E-state index contributed by atoms with van der Waals surface area (Å²) >= 11 is 7.22. The minimum Gasteiger partial charge on any atom is -0.488 e. The molecule has 4 aromatic carbocycles. The molecule has 0 radical (unpaired) electrons. The van der Waals surface area contributed by atoms with Crippen LogP contribution < -0.4 is 19.6 Å². The molecule has 0 saturated heterocycles. The van der Waals surface area contributed by atoms with E-state index < -0.39 is 17.8 Å². The van der Waals surface area contributed by atoms with Gasteiger partial charge in [-0.25, -0.2) is 14.2 Å². The zero-order chi connectivity index (χ0) is 30.6. The normalized spacial score (nSPS) is 14.6. The van der Waals surface area contributed by atoms with E-state index in [1.54, 1.807) is 37.3 Å². The van der Waals surface area contributed by atoms with Crippen LogP contribution in [-0.2, 0) is 16.1 Å². The molecule has 1 atom stereocenters. The predicted octanol–water partition coefficient (Wildman–Crippen LogP) is 6.31. The molecule has 0 aliphatic carbocycles. The van der Waals surface area contributed by atoms with Gasteiger partial charge in [-0.05, 0) is 54.5 Å². The summed E-state index contributed by atoms with van der Waals surface area (Å²) in [6.07, 6.45) is 1.76. The first-order chi connectivity index (χ1) is 21.4. The summed E-state index contributed by atoms with van der Waals surface area (Å²) in [6, 6.07) is 29.0. The van der Waals surface area contributed by atoms with Gasteiger partial charge in [0.1, 0.15) is 18.2 Å². The number of thiazole rings is 1. The van der Waals surface area contributed by atoms with Gasteiger partial charge in [-0.3, -0.25) is 9.36 Å². The van der Waals surface area contributed by atoms with E-state index >= 15 is 0 Å². The molecule has 220 valence electrons. The third-order valence-corrected chi connectivity index (χ3v) is 8.31. The molecule has 0 saturated carbocycles. The standard InChI is InChI=1S/C35H26ClFN2O4S/c1-2-42-34(41)30-31(23-8-4-3-5-9-23)38-35-39(32(30)24-14-18-27(37)19-15-24)33(40)29(44-35)20-25-10-6-7-11-28(25)43-21-22-12-16-26(36)17-13-22/h3-20,32H,2,21H2,1H3/b29-20+/t32-/m0/s1. The summed E-state index contributed by atoms with van der Waals surface area (Å²) in [4.78, 5) is 32.9. The van der Waals surface area contributed by atoms with Crippen molar-refractivity contribution in [3.63, 3.8) is 0 Å². The van der Waals surface area contributed by atoms with Gasteiger partial charge < -0.3 is 9.47 Å². The lowest BCUT2D eigenvalue weighted by molar-refractivity contribution is -0.138. The van der Waals surface area contributed by atoms with Gasteiger partial charge in [0, 0.05) is 16.1 Å². The molecular weight excluding hydrogens is 599 g/mol. The van der Waals surface area contributed by atoms with Gasteiger partial charge in [0.05, 0.1) is 28.5 Å². The fourth-order valence-electron chi connectivity index (χ4n) is 5.02. The first kappa shape index (κ1) is 29.3. The van der Waals surface area contributed by atoms with Crippen molar-refractivity contribution >= 4 is 40.7 Å². The van der Waals surface area contributed by atoms with Crippen LogP contribution in [0.1, 0.15) is 35.2 Å². The Morgan fingerprint density at radius 1 is 0.977 bits per heavy atom. The van der Waals surface area contributed by atoms with Crippen LogP contribution in [0.5, 0.6) is 5.75 Å². The second-order valence-corrected chi connectivity index (χ2v) is 11.4. The maximum Gasteiger partial charge on any atom is 0.338 e. The lowest BCUT2D eigenvalue weighted by atomic mass is 9.93. The second-order valence-electron chi connectivity index (χ2n) is 9.94. The number of ether oxygens (including phenoxy) is 2. The number of hydrogen-bond acceptors (Lipinski definition) is 6. The van der Waals surface area contributed by atoms with Crippen molar-refractivity contribution < 1.29 is 18.7 Å². The number of carbonyl (C=O) groups excluding carboxylic acids is 1. The average molecular weight is 625 g/mol. The van der Waals surface area contributed by atoms with Crippen LogP contribution in [0.2, 0.25) is 5.02 Å². The Bertz CT molecular complexity index is 2040. The van der Waals surface area contributed by atoms with Crippen LogP contribution in [0.4, 0.5) is 4.39 Å². The topological polar surface area (TPSA) is 69.9 Å². The first-order valence-corrected chi connectivity index (χ1v) is 15.1. The van der Waals surface area contributed by atoms with Crippen molar-refractivity contribution in [2.24, 2.45) is 4.99 Å². The number of rotatable bonds is 8. The summed E-state index contributed by atoms with van der Waals surface area (Å²) in [5.41, 5.74) is 3.16. The Morgan fingerprint density at radius 3 is 2.41 bits per heavy atom. The maximum absolute atomic E-state index is 14.1. The number of benzene rings is 4. The molecule has 2 heterocycles. The van der Waals surface area contributed by atoms with E-state index in [0.717, 1.165) is 5.56 Å². The highest BCUT2D eigenvalue weighted by molar-refractivity contribution is 7.07. The van der Waals surface area contributed by atoms with E-state index in [-0.39, 0.29) is 17.7 Å². The van der Waals surface area contributed by atoms with Gasteiger partial charge in [-0.1, -0.05) is 95.7 Å². The lowest BCUT2D eigenvalue weighted by Crippen LogP contribution is -2.40. The maximum atomic E-state index is 14.1. The summed E-state index contributed by atoms with van der Waals surface area (Å²) in [5.74, 6) is -0.429. The number of para-hydroxylation sites is 1. The smallest absolute Gasteiger partial charge is 0.338 e. The molecule has 1 aromatic heterocycles. The highest BCUT2D eigenvalue weighted by Crippen LogP contribution is 2.35. The number of hydrogen-bond donors (Lipinski definition) is 0. The quantitative estimate of drug-likeness (QED) is 0.190. The minimum atomic E-state index is -0.889. The summed E-state index contributed by atoms with van der Waals surface area (Å²) in [6.45, 7) is 2.17. The summed E-state index contributed by atoms with van der Waals surface area (Å²) < 4.78 is 27.5. The monoisotopic (exact) mass is 624 g/mol. The Labute approximate surface area is 261 Å². The molecule has 0 N–H and O–H groups in total. The molecular formula is C35H26ClFN2O4S. The third kappa shape index (κ3) is 6.00. The second kappa shape index (κ2) is 12.8. The van der Waals surface area contributed by atoms with E-state index in [2.05, 4.69) is 0 Å². The number of carbonyl (C=O) groups is 1. The molecule has 0 unspecified atom stereocenters. The van der Waals surface area contributed by atoms with Crippen molar-refractivity contribution in [3.05, 3.63) is 161 Å². The minimum absolute atomic E-state index is 0.137. The first-order valence-electron chi connectivity index (χ1n) is 13.9. The van der Waals surface area contributed by atoms with Gasteiger partial charge in [-0.15, -0.1) is 0 Å². The molecule has 5 aromatic rings. The van der Waals surface area contributed by atoms with Gasteiger partial charge in [0.15, 0.2) is 4.80 Å². The zero-order valence-corrected chi connectivity index (χ0v) is 25.1. The van der Waals surface area contributed by atoms with E-state index in [1.165, 1.54) is 28.0 Å². The zero-order valence-electron chi connectivity index (χ0n) is 23.6. The average Bonchev–Trinajstić information content (AvgIpc) is 3.35. The highest BCUT2D eigenvalue weighted by Gasteiger charge is 2.35. The molecule has 0 spiro atoms. The summed E-state index contributed by atoms with van der Waals surface area (Å²) in [7, 11) is 0. The molecule has 0 fully saturated rings. The third-order valence-electron chi connectivity index (χ3n) is 7.07. The van der Waals surface area contributed by atoms with Crippen LogP contribution in [-0.4, -0.2) is 17.1 Å². The molecule has 6 nitrogen and oxygen atoms in total. The predicted molar refractivity (Wildman–Crippen MR) is 170 cm³/mol. The highest BCUT2D eigenvalue weighted by atomic mass is 35.5. The van der Waals surface area contributed by atoms with Crippen molar-refractivity contribution in [3.8, 4) is 5.75 Å². The number of fused-ring (bicyclic) bond motifs is 1. The molecule has 0 bridgehead atoms. The molecule has 6 rings (SSSR count). The van der Waals surface area contributed by atoms with E-state index in [1.807, 2.05) is 66.7 Å². The molecule has 44 heavy (non-hydrogen) atoms.